The Labute approximate surface area is 164 Å². The molecule has 1 heterocycles. The van der Waals surface area contributed by atoms with E-state index >= 15 is 0 Å². The molecule has 2 aromatic rings. The fourth-order valence-corrected chi connectivity index (χ4v) is 2.97. The topological polar surface area (TPSA) is 42.0 Å². The van der Waals surface area contributed by atoms with Gasteiger partial charge in [-0.15, -0.1) is 0 Å². The normalized spacial score (nSPS) is 15.6. The van der Waals surface area contributed by atoms with E-state index in [9.17, 15) is 4.79 Å². The number of thiocarbonyl (C=S) groups is 1. The van der Waals surface area contributed by atoms with E-state index in [1.54, 1.807) is 19.0 Å². The number of benzene rings is 2. The van der Waals surface area contributed by atoms with Crippen LogP contribution < -0.4 is 9.47 Å². The van der Waals surface area contributed by atoms with E-state index < -0.39 is 0 Å². The molecule has 1 amide bonds. The lowest BCUT2D eigenvalue weighted by atomic mass is 10.1. The van der Waals surface area contributed by atoms with E-state index in [1.807, 2.05) is 61.5 Å². The van der Waals surface area contributed by atoms with Crippen LogP contribution >= 0.6 is 12.2 Å². The van der Waals surface area contributed by atoms with Crippen molar-refractivity contribution in [2.24, 2.45) is 0 Å². The van der Waals surface area contributed by atoms with Gasteiger partial charge in [0.05, 0.1) is 6.61 Å². The predicted molar refractivity (Wildman–Crippen MR) is 109 cm³/mol. The Morgan fingerprint density at radius 3 is 2.37 bits per heavy atom. The highest BCUT2D eigenvalue weighted by molar-refractivity contribution is 7.80. The molecule has 0 atom stereocenters. The van der Waals surface area contributed by atoms with E-state index in [0.29, 0.717) is 35.5 Å². The highest BCUT2D eigenvalue weighted by Crippen LogP contribution is 2.31. The second-order valence-corrected chi connectivity index (χ2v) is 6.51. The van der Waals surface area contributed by atoms with Crippen LogP contribution in [-0.4, -0.2) is 41.5 Å². The number of amides is 1. The quantitative estimate of drug-likeness (QED) is 0.563. The van der Waals surface area contributed by atoms with Crippen molar-refractivity contribution in [2.45, 2.75) is 13.5 Å². The first-order valence-electron chi connectivity index (χ1n) is 8.72. The Morgan fingerprint density at radius 1 is 1.00 bits per heavy atom. The molecule has 1 aliphatic rings. The number of rotatable bonds is 6. The lowest BCUT2D eigenvalue weighted by Crippen LogP contribution is -2.26. The summed E-state index contributed by atoms with van der Waals surface area (Å²) in [6.45, 7) is 2.91. The van der Waals surface area contributed by atoms with E-state index in [-0.39, 0.29) is 5.91 Å². The predicted octanol–water partition coefficient (Wildman–Crippen LogP) is 3.69. The van der Waals surface area contributed by atoms with E-state index in [0.717, 1.165) is 11.1 Å². The molecule has 0 radical (unpaired) electrons. The number of ether oxygens (including phenoxy) is 2. The minimum Gasteiger partial charge on any atom is -0.490 e. The van der Waals surface area contributed by atoms with Crippen LogP contribution in [0.4, 0.5) is 0 Å². The van der Waals surface area contributed by atoms with Crippen molar-refractivity contribution in [3.05, 3.63) is 65.4 Å². The molecule has 0 unspecified atom stereocenters. The highest BCUT2D eigenvalue weighted by atomic mass is 32.1. The van der Waals surface area contributed by atoms with E-state index in [1.165, 1.54) is 4.90 Å². The molecular weight excluding hydrogens is 360 g/mol. The minimum atomic E-state index is -0.120. The third kappa shape index (κ3) is 4.11. The SMILES string of the molecule is CCOc1cc(/C=C2/C(=O)N(C)C(=S)N2C)ccc1OCc1ccccc1. The summed E-state index contributed by atoms with van der Waals surface area (Å²) in [5, 5.41) is 0.485. The van der Waals surface area contributed by atoms with Gasteiger partial charge in [0.2, 0.25) is 0 Å². The van der Waals surface area contributed by atoms with Gasteiger partial charge in [0.15, 0.2) is 16.6 Å². The average molecular weight is 382 g/mol. The Balaban J connectivity index is 1.84. The van der Waals surface area contributed by atoms with Gasteiger partial charge < -0.3 is 14.4 Å². The second-order valence-electron chi connectivity index (χ2n) is 6.15. The Kier molecular flexibility index (Phi) is 5.76. The largest absolute Gasteiger partial charge is 0.490 e. The van der Waals surface area contributed by atoms with Crippen LogP contribution in [0, 0.1) is 0 Å². The number of carbonyl (C=O) groups is 1. The van der Waals surface area contributed by atoms with Crippen LogP contribution in [0.25, 0.3) is 6.08 Å². The maximum Gasteiger partial charge on any atom is 0.276 e. The van der Waals surface area contributed by atoms with Gasteiger partial charge in [-0.2, -0.15) is 0 Å². The summed E-state index contributed by atoms with van der Waals surface area (Å²) in [5.74, 6) is 1.19. The van der Waals surface area contributed by atoms with Gasteiger partial charge in [0, 0.05) is 14.1 Å². The average Bonchev–Trinajstić information content (AvgIpc) is 2.86. The van der Waals surface area contributed by atoms with Crippen molar-refractivity contribution in [2.75, 3.05) is 20.7 Å². The van der Waals surface area contributed by atoms with Crippen LogP contribution in [0.1, 0.15) is 18.1 Å². The zero-order valence-electron chi connectivity index (χ0n) is 15.6. The molecule has 6 heteroatoms. The Hall–Kier alpha value is -2.86. The second kappa shape index (κ2) is 8.22. The van der Waals surface area contributed by atoms with Crippen LogP contribution in [0.15, 0.2) is 54.2 Å². The smallest absolute Gasteiger partial charge is 0.276 e. The van der Waals surface area contributed by atoms with Crippen molar-refractivity contribution in [3.63, 3.8) is 0 Å². The van der Waals surface area contributed by atoms with Gasteiger partial charge in [0.25, 0.3) is 5.91 Å². The number of likely N-dealkylation sites (N-methyl/N-ethyl adjacent to an activating group) is 2. The molecule has 0 aliphatic carbocycles. The third-order valence-corrected chi connectivity index (χ3v) is 4.81. The summed E-state index contributed by atoms with van der Waals surface area (Å²) in [7, 11) is 3.46. The monoisotopic (exact) mass is 382 g/mol. The zero-order valence-corrected chi connectivity index (χ0v) is 16.5. The highest BCUT2D eigenvalue weighted by Gasteiger charge is 2.32. The molecule has 2 aromatic carbocycles. The van der Waals surface area contributed by atoms with Gasteiger partial charge in [-0.25, -0.2) is 0 Å². The molecule has 27 heavy (non-hydrogen) atoms. The molecule has 3 rings (SSSR count). The van der Waals surface area contributed by atoms with Crippen molar-refractivity contribution in [1.82, 2.24) is 9.80 Å². The summed E-state index contributed by atoms with van der Waals surface area (Å²) in [6, 6.07) is 15.6. The molecule has 0 aromatic heterocycles. The molecule has 140 valence electrons. The summed E-state index contributed by atoms with van der Waals surface area (Å²) in [5.41, 5.74) is 2.46. The number of hydrogen-bond donors (Lipinski definition) is 0. The first-order valence-corrected chi connectivity index (χ1v) is 9.13. The number of carbonyl (C=O) groups excluding carboxylic acids is 1. The maximum absolute atomic E-state index is 12.3. The van der Waals surface area contributed by atoms with Crippen LogP contribution in [0.2, 0.25) is 0 Å². The van der Waals surface area contributed by atoms with Gasteiger partial charge in [-0.3, -0.25) is 9.69 Å². The molecule has 1 saturated heterocycles. The molecule has 0 spiro atoms. The summed E-state index contributed by atoms with van der Waals surface area (Å²) in [4.78, 5) is 15.5. The summed E-state index contributed by atoms with van der Waals surface area (Å²) in [6.07, 6.45) is 1.81. The standard InChI is InChI=1S/C21H22N2O3S/c1-4-25-19-13-16(12-17-20(24)23(3)21(27)22(17)2)10-11-18(19)26-14-15-8-6-5-7-9-15/h5-13H,4,14H2,1-3H3/b17-12-. The zero-order chi connectivity index (χ0) is 19.4. The molecule has 0 bridgehead atoms. The fourth-order valence-electron chi connectivity index (χ4n) is 2.78. The fraction of sp³-hybridized carbons (Fsp3) is 0.238. The Bertz CT molecular complexity index is 880. The van der Waals surface area contributed by atoms with Crippen LogP contribution in [0.5, 0.6) is 11.5 Å². The van der Waals surface area contributed by atoms with Crippen molar-refractivity contribution >= 4 is 29.3 Å². The lowest BCUT2D eigenvalue weighted by Gasteiger charge is -2.14. The number of hydrogen-bond acceptors (Lipinski definition) is 4. The maximum atomic E-state index is 12.3. The third-order valence-electron chi connectivity index (χ3n) is 4.27. The Morgan fingerprint density at radius 2 is 1.74 bits per heavy atom. The molecule has 0 N–H and O–H groups in total. The van der Waals surface area contributed by atoms with Crippen molar-refractivity contribution < 1.29 is 14.3 Å². The lowest BCUT2D eigenvalue weighted by molar-refractivity contribution is -0.121. The van der Waals surface area contributed by atoms with Gasteiger partial charge in [-0.1, -0.05) is 36.4 Å². The summed E-state index contributed by atoms with van der Waals surface area (Å²) >= 11 is 5.25. The summed E-state index contributed by atoms with van der Waals surface area (Å²) < 4.78 is 11.7. The molecule has 1 aliphatic heterocycles. The molecule has 5 nitrogen and oxygen atoms in total. The van der Waals surface area contributed by atoms with Crippen LogP contribution in [0.3, 0.4) is 0 Å². The molecule has 1 fully saturated rings. The first kappa shape index (κ1) is 18.9. The first-order chi connectivity index (χ1) is 13.0. The van der Waals surface area contributed by atoms with Crippen molar-refractivity contribution in [1.29, 1.82) is 0 Å². The van der Waals surface area contributed by atoms with Crippen LogP contribution in [-0.2, 0) is 11.4 Å². The van der Waals surface area contributed by atoms with Gasteiger partial charge in [-0.05, 0) is 48.5 Å². The van der Waals surface area contributed by atoms with Crippen molar-refractivity contribution in [3.8, 4) is 11.5 Å². The molecular formula is C21H22N2O3S. The molecule has 0 saturated carbocycles. The minimum absolute atomic E-state index is 0.120. The van der Waals surface area contributed by atoms with E-state index in [2.05, 4.69) is 0 Å². The number of nitrogens with zero attached hydrogens (tertiary/aromatic N) is 2. The van der Waals surface area contributed by atoms with Gasteiger partial charge >= 0.3 is 0 Å². The van der Waals surface area contributed by atoms with Gasteiger partial charge in [0.1, 0.15) is 12.3 Å². The van der Waals surface area contributed by atoms with E-state index in [4.69, 9.17) is 21.7 Å².